The molecule has 0 bridgehead atoms. The maximum absolute atomic E-state index is 12.2. The first kappa shape index (κ1) is 17.7. The number of rotatable bonds is 5. The Morgan fingerprint density at radius 2 is 1.84 bits per heavy atom. The lowest BCUT2D eigenvalue weighted by atomic mass is 10.1. The van der Waals surface area contributed by atoms with Gasteiger partial charge in [0, 0.05) is 0 Å². The van der Waals surface area contributed by atoms with Gasteiger partial charge in [-0.2, -0.15) is 0 Å². The zero-order valence-electron chi connectivity index (χ0n) is 13.1. The molecule has 0 saturated carbocycles. The molecule has 130 valence electrons. The number of para-hydroxylation sites is 1. The number of nitrogens with one attached hydrogen (secondary N) is 2. The van der Waals surface area contributed by atoms with Crippen LogP contribution in [0.3, 0.4) is 0 Å². The predicted molar refractivity (Wildman–Crippen MR) is 85.7 cm³/mol. The minimum Gasteiger partial charge on any atom is -0.459 e. The van der Waals surface area contributed by atoms with Crippen LogP contribution in [0.1, 0.15) is 27.8 Å². The van der Waals surface area contributed by atoms with Crippen LogP contribution < -0.4 is 16.4 Å². The first-order valence-corrected chi connectivity index (χ1v) is 7.13. The SMILES string of the molecule is CC(OC(=O)c1ccccc1NC(=O)c1ccco1)C(=O)NC(N)=O. The summed E-state index contributed by atoms with van der Waals surface area (Å²) >= 11 is 0. The molecule has 9 nitrogen and oxygen atoms in total. The van der Waals surface area contributed by atoms with Crippen molar-refractivity contribution in [3.8, 4) is 0 Å². The Kier molecular flexibility index (Phi) is 5.51. The molecule has 2 rings (SSSR count). The molecule has 4 N–H and O–H groups in total. The lowest BCUT2D eigenvalue weighted by Crippen LogP contribution is -2.42. The Labute approximate surface area is 142 Å². The molecule has 4 amide bonds. The maximum Gasteiger partial charge on any atom is 0.341 e. The summed E-state index contributed by atoms with van der Waals surface area (Å²) in [6.07, 6.45) is 0.0857. The van der Waals surface area contributed by atoms with Crippen LogP contribution in [0.25, 0.3) is 0 Å². The highest BCUT2D eigenvalue weighted by Crippen LogP contribution is 2.18. The van der Waals surface area contributed by atoms with E-state index < -0.39 is 29.9 Å². The van der Waals surface area contributed by atoms with Gasteiger partial charge in [0.1, 0.15) is 0 Å². The number of anilines is 1. The molecule has 0 aliphatic heterocycles. The molecular formula is C16H15N3O6. The van der Waals surface area contributed by atoms with Gasteiger partial charge in [-0.15, -0.1) is 0 Å². The molecule has 0 aliphatic rings. The van der Waals surface area contributed by atoms with E-state index in [0.717, 1.165) is 0 Å². The third kappa shape index (κ3) is 4.67. The third-order valence-electron chi connectivity index (χ3n) is 3.04. The standard InChI is InChI=1S/C16H15N3O6/c1-9(13(20)19-16(17)23)25-15(22)10-5-2-3-6-11(10)18-14(21)12-7-4-8-24-12/h2-9H,1H3,(H,18,21)(H3,17,19,20,23). The van der Waals surface area contributed by atoms with Crippen LogP contribution in [0.15, 0.2) is 47.1 Å². The first-order chi connectivity index (χ1) is 11.9. The van der Waals surface area contributed by atoms with Gasteiger partial charge in [0.25, 0.3) is 11.8 Å². The number of esters is 1. The normalized spacial score (nSPS) is 11.2. The fourth-order valence-electron chi connectivity index (χ4n) is 1.86. The van der Waals surface area contributed by atoms with Crippen molar-refractivity contribution in [2.75, 3.05) is 5.32 Å². The minimum atomic E-state index is -1.26. The van der Waals surface area contributed by atoms with E-state index in [2.05, 4.69) is 5.32 Å². The molecule has 0 fully saturated rings. The summed E-state index contributed by atoms with van der Waals surface area (Å²) in [4.78, 5) is 46.5. The smallest absolute Gasteiger partial charge is 0.341 e. The van der Waals surface area contributed by atoms with Gasteiger partial charge in [0.05, 0.1) is 17.5 Å². The van der Waals surface area contributed by atoms with E-state index in [1.807, 2.05) is 0 Å². The van der Waals surface area contributed by atoms with Crippen molar-refractivity contribution >= 4 is 29.5 Å². The van der Waals surface area contributed by atoms with Gasteiger partial charge < -0.3 is 20.2 Å². The molecule has 25 heavy (non-hydrogen) atoms. The molecule has 1 heterocycles. The van der Waals surface area contributed by atoms with Gasteiger partial charge >= 0.3 is 12.0 Å². The lowest BCUT2D eigenvalue weighted by Gasteiger charge is -2.14. The van der Waals surface area contributed by atoms with E-state index in [-0.39, 0.29) is 17.0 Å². The summed E-state index contributed by atoms with van der Waals surface area (Å²) in [5, 5.41) is 4.33. The number of nitrogens with two attached hydrogens (primary N) is 1. The van der Waals surface area contributed by atoms with Crippen molar-refractivity contribution < 1.29 is 28.3 Å². The number of imide groups is 1. The van der Waals surface area contributed by atoms with Crippen LogP contribution in [0.5, 0.6) is 0 Å². The fourth-order valence-corrected chi connectivity index (χ4v) is 1.86. The second-order valence-electron chi connectivity index (χ2n) is 4.88. The number of ether oxygens (including phenoxy) is 1. The summed E-state index contributed by atoms with van der Waals surface area (Å²) < 4.78 is 9.95. The lowest BCUT2D eigenvalue weighted by molar-refractivity contribution is -0.127. The molecule has 0 aliphatic carbocycles. The molecule has 1 unspecified atom stereocenters. The van der Waals surface area contributed by atoms with Crippen LogP contribution in [0.2, 0.25) is 0 Å². The number of amides is 4. The van der Waals surface area contributed by atoms with E-state index >= 15 is 0 Å². The topological polar surface area (TPSA) is 141 Å². The zero-order valence-corrected chi connectivity index (χ0v) is 13.1. The Morgan fingerprint density at radius 1 is 1.12 bits per heavy atom. The number of urea groups is 1. The number of primary amides is 1. The van der Waals surface area contributed by atoms with Crippen molar-refractivity contribution in [3.05, 3.63) is 54.0 Å². The van der Waals surface area contributed by atoms with Crippen molar-refractivity contribution in [1.29, 1.82) is 0 Å². The van der Waals surface area contributed by atoms with Crippen LogP contribution in [-0.4, -0.2) is 29.9 Å². The zero-order chi connectivity index (χ0) is 18.4. The average Bonchev–Trinajstić information content (AvgIpc) is 3.09. The van der Waals surface area contributed by atoms with E-state index in [9.17, 15) is 19.2 Å². The van der Waals surface area contributed by atoms with Gasteiger partial charge in [0.15, 0.2) is 11.9 Å². The maximum atomic E-state index is 12.2. The van der Waals surface area contributed by atoms with Crippen molar-refractivity contribution in [3.63, 3.8) is 0 Å². The molecule has 0 spiro atoms. The molecule has 1 atom stereocenters. The highest BCUT2D eigenvalue weighted by atomic mass is 16.5. The summed E-state index contributed by atoms with van der Waals surface area (Å²) in [6.45, 7) is 1.28. The quantitative estimate of drug-likeness (QED) is 0.697. The van der Waals surface area contributed by atoms with Gasteiger partial charge in [0.2, 0.25) is 0 Å². The number of hydrogen-bond donors (Lipinski definition) is 3. The average molecular weight is 345 g/mol. The minimum absolute atomic E-state index is 0.0288. The summed E-state index contributed by atoms with van der Waals surface area (Å²) in [6, 6.07) is 8.04. The highest BCUT2D eigenvalue weighted by molar-refractivity contribution is 6.07. The number of furan rings is 1. The number of hydrogen-bond acceptors (Lipinski definition) is 6. The van der Waals surface area contributed by atoms with E-state index in [0.29, 0.717) is 0 Å². The third-order valence-corrected chi connectivity index (χ3v) is 3.04. The fraction of sp³-hybridized carbons (Fsp3) is 0.125. The number of carbonyl (C=O) groups excluding carboxylic acids is 4. The van der Waals surface area contributed by atoms with E-state index in [1.165, 1.54) is 31.4 Å². The molecular weight excluding hydrogens is 330 g/mol. The number of carbonyl (C=O) groups is 4. The summed E-state index contributed by atoms with van der Waals surface area (Å²) in [5.41, 5.74) is 5.04. The second kappa shape index (κ2) is 7.77. The highest BCUT2D eigenvalue weighted by Gasteiger charge is 2.22. The molecule has 1 aromatic heterocycles. The predicted octanol–water partition coefficient (Wildman–Crippen LogP) is 1.27. The van der Waals surface area contributed by atoms with E-state index in [4.69, 9.17) is 14.9 Å². The van der Waals surface area contributed by atoms with Crippen LogP contribution >= 0.6 is 0 Å². The largest absolute Gasteiger partial charge is 0.459 e. The molecule has 0 saturated heterocycles. The first-order valence-electron chi connectivity index (χ1n) is 7.13. The van der Waals surface area contributed by atoms with Gasteiger partial charge in [-0.05, 0) is 31.2 Å². The Hall–Kier alpha value is -3.62. The van der Waals surface area contributed by atoms with Gasteiger partial charge in [-0.3, -0.25) is 14.9 Å². The van der Waals surface area contributed by atoms with Crippen molar-refractivity contribution in [2.24, 2.45) is 5.73 Å². The monoisotopic (exact) mass is 345 g/mol. The summed E-state index contributed by atoms with van der Waals surface area (Å²) in [7, 11) is 0. The van der Waals surface area contributed by atoms with E-state index in [1.54, 1.807) is 23.5 Å². The Balaban J connectivity index is 2.11. The second-order valence-corrected chi connectivity index (χ2v) is 4.88. The van der Waals surface area contributed by atoms with Crippen LogP contribution in [0, 0.1) is 0 Å². The Morgan fingerprint density at radius 3 is 2.48 bits per heavy atom. The molecule has 9 heteroatoms. The molecule has 2 aromatic rings. The molecule has 0 radical (unpaired) electrons. The van der Waals surface area contributed by atoms with Gasteiger partial charge in [-0.25, -0.2) is 9.59 Å². The van der Waals surface area contributed by atoms with Crippen LogP contribution in [-0.2, 0) is 9.53 Å². The molecule has 1 aromatic carbocycles. The summed E-state index contributed by atoms with van der Waals surface area (Å²) in [5.74, 6) is -2.21. The van der Waals surface area contributed by atoms with Crippen molar-refractivity contribution in [1.82, 2.24) is 5.32 Å². The van der Waals surface area contributed by atoms with Crippen LogP contribution in [0.4, 0.5) is 10.5 Å². The van der Waals surface area contributed by atoms with Crippen molar-refractivity contribution in [2.45, 2.75) is 13.0 Å². The Bertz CT molecular complexity index is 800. The van der Waals surface area contributed by atoms with Gasteiger partial charge in [-0.1, -0.05) is 12.1 Å². The number of benzene rings is 1.